The Morgan fingerprint density at radius 3 is 2.59 bits per heavy atom. The van der Waals surface area contributed by atoms with E-state index in [4.69, 9.17) is 16.9 Å². The minimum Gasteiger partial charge on any atom is -0.283 e. The topological polar surface area (TPSA) is 93.6 Å². The van der Waals surface area contributed by atoms with Crippen molar-refractivity contribution in [1.29, 1.82) is 5.26 Å². The third-order valence-electron chi connectivity index (χ3n) is 4.04. The molecule has 136 valence electrons. The van der Waals surface area contributed by atoms with E-state index in [2.05, 4.69) is 9.97 Å². The van der Waals surface area contributed by atoms with Gasteiger partial charge in [0.15, 0.2) is 0 Å². The number of nitriles is 1. The smallest absolute Gasteiger partial charge is 0.283 e. The number of nitrogens with zero attached hydrogens (tertiary/aromatic N) is 5. The molecule has 0 fully saturated rings. The highest BCUT2D eigenvalue weighted by Gasteiger charge is 2.20. The summed E-state index contributed by atoms with van der Waals surface area (Å²) in [5.41, 5.74) is 0.303. The second kappa shape index (κ2) is 7.13. The third kappa shape index (κ3) is 3.25. The number of aromatic nitrogens is 4. The van der Waals surface area contributed by atoms with Crippen LogP contribution in [0.4, 0.5) is 4.39 Å². The van der Waals surface area contributed by atoms with Crippen LogP contribution in [0.3, 0.4) is 0 Å². The Labute approximate surface area is 157 Å². The highest BCUT2D eigenvalue weighted by atomic mass is 35.5. The van der Waals surface area contributed by atoms with Crippen molar-refractivity contribution in [2.75, 3.05) is 0 Å². The van der Waals surface area contributed by atoms with Gasteiger partial charge in [0.05, 0.1) is 28.5 Å². The molecule has 3 aromatic heterocycles. The van der Waals surface area contributed by atoms with Gasteiger partial charge in [-0.05, 0) is 31.5 Å². The minimum absolute atomic E-state index is 0.0979. The molecule has 0 bridgehead atoms. The highest BCUT2D eigenvalue weighted by Crippen LogP contribution is 2.23. The standard InChI is InChI=1S/C18H13ClFN5O2/c1-10-5-13(9-22-7-10)25-17(26)15(11(2)24(4-3-21)18(25)27)12-6-14(19)16(20)23-8-12/h5-9H,4H2,1-2H3. The molecular formula is C18H13ClFN5O2. The molecule has 0 amide bonds. The molecule has 9 heteroatoms. The molecule has 27 heavy (non-hydrogen) atoms. The van der Waals surface area contributed by atoms with E-state index in [0.717, 1.165) is 20.9 Å². The molecule has 3 rings (SSSR count). The number of pyridine rings is 2. The normalized spacial score (nSPS) is 10.6. The fraction of sp³-hybridized carbons (Fsp3) is 0.167. The van der Waals surface area contributed by atoms with Gasteiger partial charge in [0.25, 0.3) is 5.56 Å². The van der Waals surface area contributed by atoms with E-state index in [0.29, 0.717) is 0 Å². The maximum atomic E-state index is 13.4. The second-order valence-corrected chi connectivity index (χ2v) is 6.25. The van der Waals surface area contributed by atoms with Crippen LogP contribution in [0.2, 0.25) is 5.02 Å². The van der Waals surface area contributed by atoms with Gasteiger partial charge >= 0.3 is 5.69 Å². The molecule has 0 aliphatic heterocycles. The maximum absolute atomic E-state index is 13.4. The fourth-order valence-corrected chi connectivity index (χ4v) is 2.96. The molecule has 0 atom stereocenters. The molecule has 3 aromatic rings. The Morgan fingerprint density at radius 1 is 1.22 bits per heavy atom. The molecule has 0 spiro atoms. The van der Waals surface area contributed by atoms with E-state index < -0.39 is 17.2 Å². The zero-order valence-electron chi connectivity index (χ0n) is 14.4. The van der Waals surface area contributed by atoms with Crippen molar-refractivity contribution in [1.82, 2.24) is 19.1 Å². The summed E-state index contributed by atoms with van der Waals surface area (Å²) < 4.78 is 15.5. The summed E-state index contributed by atoms with van der Waals surface area (Å²) in [6, 6.07) is 4.79. The molecule has 0 saturated carbocycles. The van der Waals surface area contributed by atoms with E-state index >= 15 is 0 Å². The van der Waals surface area contributed by atoms with Crippen LogP contribution in [0.15, 0.2) is 40.3 Å². The molecular weight excluding hydrogens is 373 g/mol. The molecule has 0 radical (unpaired) electrons. The summed E-state index contributed by atoms with van der Waals surface area (Å²) >= 11 is 5.80. The van der Waals surface area contributed by atoms with Gasteiger partial charge in [-0.1, -0.05) is 11.6 Å². The van der Waals surface area contributed by atoms with Crippen LogP contribution >= 0.6 is 11.6 Å². The number of aryl methyl sites for hydroxylation is 1. The molecule has 0 N–H and O–H groups in total. The number of hydrogen-bond acceptors (Lipinski definition) is 5. The van der Waals surface area contributed by atoms with E-state index in [1.807, 2.05) is 6.07 Å². The van der Waals surface area contributed by atoms with Crippen LogP contribution in [-0.4, -0.2) is 19.1 Å². The van der Waals surface area contributed by atoms with Crippen LogP contribution in [0.25, 0.3) is 16.8 Å². The van der Waals surface area contributed by atoms with Crippen LogP contribution in [0.1, 0.15) is 11.3 Å². The molecule has 0 aliphatic rings. The van der Waals surface area contributed by atoms with E-state index in [1.165, 1.54) is 19.2 Å². The van der Waals surface area contributed by atoms with Gasteiger partial charge in [-0.25, -0.2) is 14.3 Å². The van der Waals surface area contributed by atoms with Crippen LogP contribution in [-0.2, 0) is 6.54 Å². The van der Waals surface area contributed by atoms with Crippen LogP contribution in [0.5, 0.6) is 0 Å². The summed E-state index contributed by atoms with van der Waals surface area (Å²) in [7, 11) is 0. The first kappa shape index (κ1) is 18.5. The SMILES string of the molecule is Cc1cncc(-n2c(=O)c(-c3cnc(F)c(Cl)c3)c(C)n(CC#N)c2=O)c1. The minimum atomic E-state index is -0.869. The Hall–Kier alpha value is -3.31. The first-order chi connectivity index (χ1) is 12.8. The van der Waals surface area contributed by atoms with Gasteiger partial charge in [0, 0.05) is 23.7 Å². The molecule has 3 heterocycles. The number of hydrogen-bond donors (Lipinski definition) is 0. The molecule has 0 unspecified atom stereocenters. The first-order valence-corrected chi connectivity index (χ1v) is 8.19. The number of rotatable bonds is 3. The monoisotopic (exact) mass is 385 g/mol. The van der Waals surface area contributed by atoms with Gasteiger partial charge < -0.3 is 0 Å². The average Bonchev–Trinajstić information content (AvgIpc) is 2.62. The Kier molecular flexibility index (Phi) is 4.88. The maximum Gasteiger partial charge on any atom is 0.336 e. The first-order valence-electron chi connectivity index (χ1n) is 7.82. The Balaban J connectivity index is 2.44. The lowest BCUT2D eigenvalue weighted by molar-refractivity contribution is 0.584. The molecule has 7 nitrogen and oxygen atoms in total. The van der Waals surface area contributed by atoms with Gasteiger partial charge in [-0.3, -0.25) is 14.3 Å². The van der Waals surface area contributed by atoms with Crippen LogP contribution < -0.4 is 11.2 Å². The predicted octanol–water partition coefficient (Wildman–Crippen LogP) is 2.39. The zero-order chi connectivity index (χ0) is 19.7. The van der Waals surface area contributed by atoms with Crippen molar-refractivity contribution in [3.63, 3.8) is 0 Å². The van der Waals surface area contributed by atoms with Crippen molar-refractivity contribution in [3.05, 3.63) is 73.8 Å². The van der Waals surface area contributed by atoms with Crippen molar-refractivity contribution < 1.29 is 4.39 Å². The average molecular weight is 386 g/mol. The lowest BCUT2D eigenvalue weighted by atomic mass is 10.1. The van der Waals surface area contributed by atoms with Crippen molar-refractivity contribution >= 4 is 11.6 Å². The second-order valence-electron chi connectivity index (χ2n) is 5.84. The summed E-state index contributed by atoms with van der Waals surface area (Å²) in [6.07, 6.45) is 4.12. The third-order valence-corrected chi connectivity index (χ3v) is 4.30. The summed E-state index contributed by atoms with van der Waals surface area (Å²) in [5, 5.41) is 8.84. The quantitative estimate of drug-likeness (QED) is 0.645. The summed E-state index contributed by atoms with van der Waals surface area (Å²) in [5.74, 6) is -0.869. The van der Waals surface area contributed by atoms with E-state index in [9.17, 15) is 14.0 Å². The van der Waals surface area contributed by atoms with Gasteiger partial charge in [-0.2, -0.15) is 9.65 Å². The van der Waals surface area contributed by atoms with Gasteiger partial charge in [-0.15, -0.1) is 0 Å². The fourth-order valence-electron chi connectivity index (χ4n) is 2.79. The lowest BCUT2D eigenvalue weighted by Crippen LogP contribution is -2.41. The zero-order valence-corrected chi connectivity index (χ0v) is 15.2. The summed E-state index contributed by atoms with van der Waals surface area (Å²) in [6.45, 7) is 3.04. The Morgan fingerprint density at radius 2 is 1.96 bits per heavy atom. The van der Waals surface area contributed by atoms with Crippen LogP contribution in [0, 0.1) is 31.1 Å². The molecule has 0 aliphatic carbocycles. The summed E-state index contributed by atoms with van der Waals surface area (Å²) in [4.78, 5) is 33.6. The molecule has 0 aromatic carbocycles. The lowest BCUT2D eigenvalue weighted by Gasteiger charge is -2.15. The van der Waals surface area contributed by atoms with Gasteiger partial charge in [0.1, 0.15) is 6.54 Å². The van der Waals surface area contributed by atoms with Crippen molar-refractivity contribution in [2.45, 2.75) is 20.4 Å². The van der Waals surface area contributed by atoms with Crippen molar-refractivity contribution in [2.24, 2.45) is 0 Å². The van der Waals surface area contributed by atoms with E-state index in [1.54, 1.807) is 19.2 Å². The van der Waals surface area contributed by atoms with E-state index in [-0.39, 0.29) is 34.1 Å². The Bertz CT molecular complexity index is 1210. The van der Waals surface area contributed by atoms with Gasteiger partial charge in [0.2, 0.25) is 5.95 Å². The largest absolute Gasteiger partial charge is 0.336 e. The molecule has 0 saturated heterocycles. The van der Waals surface area contributed by atoms with Crippen molar-refractivity contribution in [3.8, 4) is 22.9 Å². The number of halogens is 2. The highest BCUT2D eigenvalue weighted by molar-refractivity contribution is 6.30. The predicted molar refractivity (Wildman–Crippen MR) is 97.4 cm³/mol.